The average molecular weight is 588 g/mol. The van der Waals surface area contributed by atoms with Gasteiger partial charge in [-0.1, -0.05) is 46.1 Å². The second-order valence-corrected chi connectivity index (χ2v) is 9.83. The van der Waals surface area contributed by atoms with Crippen LogP contribution in [0.3, 0.4) is 0 Å². The third kappa shape index (κ3) is 4.77. The first-order valence-corrected chi connectivity index (χ1v) is 12.3. The average Bonchev–Trinajstić information content (AvgIpc) is 3.50. The molecule has 0 spiro atoms. The van der Waals surface area contributed by atoms with E-state index in [0.29, 0.717) is 5.56 Å². The van der Waals surface area contributed by atoms with Gasteiger partial charge in [0.15, 0.2) is 5.82 Å². The fraction of sp³-hybridized carbons (Fsp3) is 0.304. The minimum absolute atomic E-state index is 0.00836. The lowest BCUT2D eigenvalue weighted by molar-refractivity contribution is -0.210. The summed E-state index contributed by atoms with van der Waals surface area (Å²) in [6, 6.07) is 5.28. The molecule has 3 heterocycles. The first-order valence-electron chi connectivity index (χ1n) is 11.2. The number of halogens is 5. The normalized spacial score (nSPS) is 23.7. The molecule has 0 aliphatic carbocycles. The van der Waals surface area contributed by atoms with Crippen molar-refractivity contribution in [3.63, 3.8) is 0 Å². The molecule has 2 aromatic carbocycles. The van der Waals surface area contributed by atoms with E-state index in [1.807, 2.05) is 0 Å². The van der Waals surface area contributed by atoms with E-state index in [2.05, 4.69) is 20.4 Å². The summed E-state index contributed by atoms with van der Waals surface area (Å²) in [5.41, 5.74) is 0.639. The molecule has 0 radical (unpaired) electrons. The molecule has 1 aliphatic heterocycles. The quantitative estimate of drug-likeness (QED) is 0.303. The highest BCUT2D eigenvalue weighted by Gasteiger charge is 2.48. The maximum absolute atomic E-state index is 14.3. The summed E-state index contributed by atoms with van der Waals surface area (Å²) in [4.78, 5) is 4.33. The number of aliphatic hydroxyl groups is 3. The van der Waals surface area contributed by atoms with Gasteiger partial charge in [0.1, 0.15) is 58.6 Å². The Bertz CT molecular complexity index is 1500. The zero-order valence-corrected chi connectivity index (χ0v) is 21.6. The molecule has 5 rings (SSSR count). The van der Waals surface area contributed by atoms with Gasteiger partial charge in [0.2, 0.25) is 0 Å². The Morgan fingerprint density at radius 3 is 2.53 bits per heavy atom. The summed E-state index contributed by atoms with van der Waals surface area (Å²) in [5, 5.41) is 44.2. The van der Waals surface area contributed by atoms with Crippen LogP contribution in [-0.4, -0.2) is 70.0 Å². The molecule has 4 aromatic rings. The SMILES string of the molecule is Cc1nc([C@@H]2O[C@H](CO)[C@H](O)[C@H](n3cc(-c4ccc(Cl)c(F)c4)nn3)[C@H]2O)n(-c2cc(Cl)cc(F)c2Cl)n1. The van der Waals surface area contributed by atoms with Gasteiger partial charge < -0.3 is 20.1 Å². The Labute approximate surface area is 229 Å². The van der Waals surface area contributed by atoms with Crippen molar-refractivity contribution in [1.82, 2.24) is 29.8 Å². The first kappa shape index (κ1) is 26.9. The van der Waals surface area contributed by atoms with Crippen LogP contribution in [0.25, 0.3) is 16.9 Å². The molecule has 5 atom stereocenters. The van der Waals surface area contributed by atoms with Crippen LogP contribution < -0.4 is 0 Å². The molecular formula is C23H19Cl3F2N6O4. The van der Waals surface area contributed by atoms with Gasteiger partial charge in [-0.3, -0.25) is 0 Å². The number of ether oxygens (including phenoxy) is 1. The third-order valence-electron chi connectivity index (χ3n) is 6.12. The molecule has 3 N–H and O–H groups in total. The van der Waals surface area contributed by atoms with E-state index in [1.165, 1.54) is 39.8 Å². The predicted octanol–water partition coefficient (Wildman–Crippen LogP) is 3.47. The molecule has 15 heteroatoms. The number of aliphatic hydroxyl groups excluding tert-OH is 3. The van der Waals surface area contributed by atoms with Gasteiger partial charge >= 0.3 is 0 Å². The number of hydrogen-bond acceptors (Lipinski definition) is 8. The van der Waals surface area contributed by atoms with Crippen molar-refractivity contribution in [3.8, 4) is 16.9 Å². The van der Waals surface area contributed by atoms with Crippen molar-refractivity contribution < 1.29 is 28.8 Å². The molecule has 1 aliphatic rings. The zero-order chi connectivity index (χ0) is 27.3. The standard InChI is InChI=1S/C23H19Cl3F2N6O4/c1-9-29-23(34(31-9)16-6-11(24)5-14(28)18(16)26)22-21(37)19(20(36)17(8-35)38-22)33-7-15(30-32-33)10-2-3-12(25)13(27)4-10/h2-7,17,19-22,35-37H,8H2,1H3/t17-,19+,20+,21-,22-/m1/s1. The maximum atomic E-state index is 14.3. The topological polar surface area (TPSA) is 131 Å². The molecule has 0 saturated carbocycles. The van der Waals surface area contributed by atoms with E-state index >= 15 is 0 Å². The second kappa shape index (κ2) is 10.5. The van der Waals surface area contributed by atoms with E-state index < -0.39 is 48.7 Å². The Hall–Kier alpha value is -2.71. The van der Waals surface area contributed by atoms with Crippen molar-refractivity contribution in [3.05, 3.63) is 74.9 Å². The molecule has 0 unspecified atom stereocenters. The third-order valence-corrected chi connectivity index (χ3v) is 7.02. The van der Waals surface area contributed by atoms with E-state index in [9.17, 15) is 24.1 Å². The van der Waals surface area contributed by atoms with Gasteiger partial charge in [0.05, 0.1) is 23.5 Å². The van der Waals surface area contributed by atoms with E-state index in [0.717, 1.165) is 6.07 Å². The second-order valence-electron chi connectivity index (χ2n) is 8.61. The van der Waals surface area contributed by atoms with Crippen molar-refractivity contribution in [2.24, 2.45) is 0 Å². The number of nitrogens with zero attached hydrogens (tertiary/aromatic N) is 6. The van der Waals surface area contributed by atoms with Crippen LogP contribution in [0.4, 0.5) is 8.78 Å². The molecule has 200 valence electrons. The summed E-state index contributed by atoms with van der Waals surface area (Å²) in [6.07, 6.45) is -4.04. The van der Waals surface area contributed by atoms with E-state index in [4.69, 9.17) is 39.5 Å². The number of hydrogen-bond donors (Lipinski definition) is 3. The van der Waals surface area contributed by atoms with Gasteiger partial charge in [-0.15, -0.1) is 5.10 Å². The van der Waals surface area contributed by atoms with Crippen LogP contribution >= 0.6 is 34.8 Å². The van der Waals surface area contributed by atoms with Gasteiger partial charge in [-0.2, -0.15) is 5.10 Å². The van der Waals surface area contributed by atoms with Crippen LogP contribution in [0.15, 0.2) is 36.5 Å². The smallest absolute Gasteiger partial charge is 0.164 e. The Kier molecular flexibility index (Phi) is 7.40. The lowest BCUT2D eigenvalue weighted by Gasteiger charge is -2.41. The lowest BCUT2D eigenvalue weighted by atomic mass is 9.92. The summed E-state index contributed by atoms with van der Waals surface area (Å²) in [6.45, 7) is 0.944. The van der Waals surface area contributed by atoms with Gasteiger partial charge in [-0.05, 0) is 31.2 Å². The van der Waals surface area contributed by atoms with Crippen LogP contribution in [0.5, 0.6) is 0 Å². The first-order chi connectivity index (χ1) is 18.1. The molecule has 38 heavy (non-hydrogen) atoms. The van der Waals surface area contributed by atoms with E-state index in [1.54, 1.807) is 6.92 Å². The van der Waals surface area contributed by atoms with Crippen LogP contribution in [-0.2, 0) is 4.74 Å². The summed E-state index contributed by atoms with van der Waals surface area (Å²) >= 11 is 18.0. The highest BCUT2D eigenvalue weighted by molar-refractivity contribution is 6.34. The summed E-state index contributed by atoms with van der Waals surface area (Å²) < 4.78 is 36.5. The highest BCUT2D eigenvalue weighted by Crippen LogP contribution is 2.39. The van der Waals surface area contributed by atoms with Gasteiger partial charge in [0, 0.05) is 10.6 Å². The number of benzene rings is 2. The zero-order valence-electron chi connectivity index (χ0n) is 19.4. The van der Waals surface area contributed by atoms with Gasteiger partial charge in [-0.25, -0.2) is 23.1 Å². The molecule has 0 amide bonds. The maximum Gasteiger partial charge on any atom is 0.164 e. The molecule has 1 saturated heterocycles. The number of aromatic nitrogens is 6. The Balaban J connectivity index is 1.56. The number of rotatable bonds is 5. The van der Waals surface area contributed by atoms with Crippen LogP contribution in [0, 0.1) is 18.6 Å². The number of aryl methyl sites for hydroxylation is 1. The summed E-state index contributed by atoms with van der Waals surface area (Å²) in [5.74, 6) is -1.21. The molecule has 1 fully saturated rings. The molecular weight excluding hydrogens is 569 g/mol. The monoisotopic (exact) mass is 586 g/mol. The van der Waals surface area contributed by atoms with Crippen molar-refractivity contribution in [2.75, 3.05) is 6.61 Å². The van der Waals surface area contributed by atoms with Crippen molar-refractivity contribution in [2.45, 2.75) is 37.4 Å². The fourth-order valence-electron chi connectivity index (χ4n) is 4.33. The minimum Gasteiger partial charge on any atom is -0.394 e. The van der Waals surface area contributed by atoms with Gasteiger partial charge in [0.25, 0.3) is 0 Å². The Morgan fingerprint density at radius 1 is 1.05 bits per heavy atom. The van der Waals surface area contributed by atoms with Crippen molar-refractivity contribution >= 4 is 34.8 Å². The largest absolute Gasteiger partial charge is 0.394 e. The van der Waals surface area contributed by atoms with Crippen LogP contribution in [0.1, 0.15) is 23.8 Å². The predicted molar refractivity (Wildman–Crippen MR) is 132 cm³/mol. The summed E-state index contributed by atoms with van der Waals surface area (Å²) in [7, 11) is 0. The lowest BCUT2D eigenvalue weighted by Crippen LogP contribution is -2.53. The van der Waals surface area contributed by atoms with Crippen molar-refractivity contribution in [1.29, 1.82) is 0 Å². The highest BCUT2D eigenvalue weighted by atomic mass is 35.5. The van der Waals surface area contributed by atoms with Crippen LogP contribution in [0.2, 0.25) is 15.1 Å². The molecule has 10 nitrogen and oxygen atoms in total. The molecule has 2 aromatic heterocycles. The molecule has 0 bridgehead atoms. The van der Waals surface area contributed by atoms with E-state index in [-0.39, 0.29) is 38.1 Å². The fourth-order valence-corrected chi connectivity index (χ4v) is 4.83. The minimum atomic E-state index is -1.52. The Morgan fingerprint density at radius 2 is 1.82 bits per heavy atom.